The lowest BCUT2D eigenvalue weighted by atomic mass is 10.2. The number of imide groups is 1. The summed E-state index contributed by atoms with van der Waals surface area (Å²) in [6.45, 7) is 6.62. The van der Waals surface area contributed by atoms with Gasteiger partial charge < -0.3 is 9.88 Å². The maximum atomic E-state index is 12.3. The predicted octanol–water partition coefficient (Wildman–Crippen LogP) is 0.787. The van der Waals surface area contributed by atoms with Crippen LogP contribution in [0, 0.1) is 0 Å². The van der Waals surface area contributed by atoms with Crippen molar-refractivity contribution < 1.29 is 9.59 Å². The number of carbonyl (C=O) groups is 2. The van der Waals surface area contributed by atoms with Crippen molar-refractivity contribution in [1.29, 1.82) is 0 Å². The second-order valence-electron chi connectivity index (χ2n) is 5.44. The quantitative estimate of drug-likeness (QED) is 0.781. The molecule has 0 saturated carbocycles. The van der Waals surface area contributed by atoms with Gasteiger partial charge in [0, 0.05) is 31.0 Å². The van der Waals surface area contributed by atoms with Crippen molar-refractivity contribution in [1.82, 2.24) is 19.8 Å². The third-order valence-electron chi connectivity index (χ3n) is 3.74. The number of aromatic nitrogens is 2. The molecule has 1 aliphatic heterocycles. The largest absolute Gasteiger partial charge is 0.336 e. The minimum Gasteiger partial charge on any atom is -0.336 e. The van der Waals surface area contributed by atoms with Crippen LogP contribution in [0.1, 0.15) is 33.6 Å². The zero-order valence-electron chi connectivity index (χ0n) is 12.2. The Labute approximate surface area is 119 Å². The normalized spacial score (nSPS) is 22.4. The molecular weight excluding hydrogens is 256 g/mol. The second-order valence-corrected chi connectivity index (χ2v) is 5.44. The molecule has 0 radical (unpaired) electrons. The Morgan fingerprint density at radius 1 is 1.45 bits per heavy atom. The van der Waals surface area contributed by atoms with Crippen LogP contribution in [0.4, 0.5) is 0 Å². The second kappa shape index (κ2) is 6.17. The smallest absolute Gasteiger partial charge is 0.247 e. The van der Waals surface area contributed by atoms with Gasteiger partial charge in [0.05, 0.1) is 18.8 Å². The predicted molar refractivity (Wildman–Crippen MR) is 74.8 cm³/mol. The summed E-state index contributed by atoms with van der Waals surface area (Å²) in [5.41, 5.74) is 0. The highest BCUT2D eigenvalue weighted by atomic mass is 16.2. The number of rotatable bonds is 6. The van der Waals surface area contributed by atoms with E-state index in [0.717, 1.165) is 13.0 Å². The highest BCUT2D eigenvalue weighted by Crippen LogP contribution is 2.18. The van der Waals surface area contributed by atoms with Crippen molar-refractivity contribution in [3.05, 3.63) is 18.7 Å². The van der Waals surface area contributed by atoms with E-state index in [1.54, 1.807) is 12.5 Å². The Kier molecular flexibility index (Phi) is 4.54. The third-order valence-corrected chi connectivity index (χ3v) is 3.74. The zero-order valence-corrected chi connectivity index (χ0v) is 12.2. The van der Waals surface area contributed by atoms with Gasteiger partial charge in [-0.1, -0.05) is 6.92 Å². The minimum absolute atomic E-state index is 0.0224. The number of amides is 2. The van der Waals surface area contributed by atoms with Gasteiger partial charge in [-0.3, -0.25) is 14.5 Å². The average Bonchev–Trinajstić information content (AvgIpc) is 2.98. The first-order chi connectivity index (χ1) is 9.52. The summed E-state index contributed by atoms with van der Waals surface area (Å²) in [6.07, 6.45) is 6.39. The van der Waals surface area contributed by atoms with Gasteiger partial charge in [-0.05, 0) is 20.3 Å². The summed E-state index contributed by atoms with van der Waals surface area (Å²) >= 11 is 0. The minimum atomic E-state index is -0.393. The average molecular weight is 278 g/mol. The molecule has 2 amide bonds. The molecule has 0 spiro atoms. The SMILES string of the molecule is CCC(C)N1C(=O)CC(NC(C)Cn2ccnc2)C1=O. The van der Waals surface area contributed by atoms with Crippen molar-refractivity contribution in [2.45, 2.75) is 58.3 Å². The molecule has 2 heterocycles. The van der Waals surface area contributed by atoms with Gasteiger partial charge in [-0.15, -0.1) is 0 Å². The maximum Gasteiger partial charge on any atom is 0.247 e. The molecule has 2 rings (SSSR count). The van der Waals surface area contributed by atoms with Crippen molar-refractivity contribution in [3.8, 4) is 0 Å². The molecule has 1 N–H and O–H groups in total. The van der Waals surface area contributed by atoms with Crippen LogP contribution in [-0.2, 0) is 16.1 Å². The molecule has 3 atom stereocenters. The molecule has 1 fully saturated rings. The van der Waals surface area contributed by atoms with Gasteiger partial charge in [-0.2, -0.15) is 0 Å². The van der Waals surface area contributed by atoms with Crippen LogP contribution in [0.15, 0.2) is 18.7 Å². The molecule has 20 heavy (non-hydrogen) atoms. The summed E-state index contributed by atoms with van der Waals surface area (Å²) in [7, 11) is 0. The van der Waals surface area contributed by atoms with E-state index in [-0.39, 0.29) is 30.3 Å². The van der Waals surface area contributed by atoms with Gasteiger partial charge in [-0.25, -0.2) is 4.98 Å². The van der Waals surface area contributed by atoms with E-state index in [0.29, 0.717) is 0 Å². The zero-order chi connectivity index (χ0) is 14.7. The van der Waals surface area contributed by atoms with Crippen molar-refractivity contribution in [2.75, 3.05) is 0 Å². The number of nitrogens with zero attached hydrogens (tertiary/aromatic N) is 3. The molecule has 0 aliphatic carbocycles. The van der Waals surface area contributed by atoms with Crippen LogP contribution in [0.25, 0.3) is 0 Å². The van der Waals surface area contributed by atoms with Crippen LogP contribution in [0.3, 0.4) is 0 Å². The highest BCUT2D eigenvalue weighted by molar-refractivity contribution is 6.05. The fraction of sp³-hybridized carbons (Fsp3) is 0.643. The van der Waals surface area contributed by atoms with Gasteiger partial charge in [0.25, 0.3) is 0 Å². The lowest BCUT2D eigenvalue weighted by Crippen LogP contribution is -2.46. The highest BCUT2D eigenvalue weighted by Gasteiger charge is 2.40. The summed E-state index contributed by atoms with van der Waals surface area (Å²) in [4.78, 5) is 29.6. The topological polar surface area (TPSA) is 67.2 Å². The lowest BCUT2D eigenvalue weighted by Gasteiger charge is -2.23. The number of hydrogen-bond acceptors (Lipinski definition) is 4. The number of nitrogens with one attached hydrogen (secondary N) is 1. The molecule has 0 bridgehead atoms. The van der Waals surface area contributed by atoms with Crippen LogP contribution in [0.2, 0.25) is 0 Å². The Hall–Kier alpha value is -1.69. The van der Waals surface area contributed by atoms with E-state index < -0.39 is 6.04 Å². The lowest BCUT2D eigenvalue weighted by molar-refractivity contribution is -0.141. The van der Waals surface area contributed by atoms with Gasteiger partial charge in [0.1, 0.15) is 0 Å². The van der Waals surface area contributed by atoms with Crippen molar-refractivity contribution in [2.24, 2.45) is 0 Å². The van der Waals surface area contributed by atoms with E-state index in [1.807, 2.05) is 31.5 Å². The number of imidazole rings is 1. The molecular formula is C14H22N4O2. The van der Waals surface area contributed by atoms with Crippen LogP contribution >= 0.6 is 0 Å². The van der Waals surface area contributed by atoms with Crippen LogP contribution in [-0.4, -0.2) is 44.4 Å². The van der Waals surface area contributed by atoms with Crippen molar-refractivity contribution in [3.63, 3.8) is 0 Å². The Bertz CT molecular complexity index is 472. The summed E-state index contributed by atoms with van der Waals surface area (Å²) < 4.78 is 1.95. The van der Waals surface area contributed by atoms with Crippen LogP contribution in [0.5, 0.6) is 0 Å². The third kappa shape index (κ3) is 3.07. The fourth-order valence-electron chi connectivity index (χ4n) is 2.53. The maximum absolute atomic E-state index is 12.3. The van der Waals surface area contributed by atoms with E-state index in [9.17, 15) is 9.59 Å². The molecule has 6 nitrogen and oxygen atoms in total. The molecule has 1 aromatic heterocycles. The van der Waals surface area contributed by atoms with Gasteiger partial charge >= 0.3 is 0 Å². The van der Waals surface area contributed by atoms with Crippen molar-refractivity contribution >= 4 is 11.8 Å². The molecule has 1 aliphatic rings. The molecule has 1 saturated heterocycles. The van der Waals surface area contributed by atoms with Gasteiger partial charge in [0.15, 0.2) is 0 Å². The Balaban J connectivity index is 1.93. The summed E-state index contributed by atoms with van der Waals surface area (Å²) in [6, 6.07) is -0.316. The summed E-state index contributed by atoms with van der Waals surface area (Å²) in [5, 5.41) is 3.25. The molecule has 3 unspecified atom stereocenters. The van der Waals surface area contributed by atoms with E-state index in [1.165, 1.54) is 4.90 Å². The van der Waals surface area contributed by atoms with E-state index >= 15 is 0 Å². The van der Waals surface area contributed by atoms with E-state index in [4.69, 9.17) is 0 Å². The first kappa shape index (κ1) is 14.7. The molecule has 6 heteroatoms. The Morgan fingerprint density at radius 3 is 2.80 bits per heavy atom. The monoisotopic (exact) mass is 278 g/mol. The van der Waals surface area contributed by atoms with E-state index in [2.05, 4.69) is 10.3 Å². The first-order valence-electron chi connectivity index (χ1n) is 7.10. The van der Waals surface area contributed by atoms with Crippen LogP contribution < -0.4 is 5.32 Å². The number of likely N-dealkylation sites (tertiary alicyclic amines) is 1. The molecule has 0 aromatic carbocycles. The summed E-state index contributed by atoms with van der Waals surface area (Å²) in [5.74, 6) is -0.168. The first-order valence-corrected chi connectivity index (χ1v) is 7.10. The number of hydrogen-bond donors (Lipinski definition) is 1. The fourth-order valence-corrected chi connectivity index (χ4v) is 2.53. The molecule has 110 valence electrons. The Morgan fingerprint density at radius 2 is 2.20 bits per heavy atom. The standard InChI is InChI=1S/C14H22N4O2/c1-4-11(3)18-13(19)7-12(14(18)20)16-10(2)8-17-6-5-15-9-17/h5-6,9-12,16H,4,7-8H2,1-3H3. The number of carbonyl (C=O) groups excluding carboxylic acids is 2. The van der Waals surface area contributed by atoms with Gasteiger partial charge in [0.2, 0.25) is 11.8 Å². The molecule has 1 aromatic rings.